The molecule has 3 aromatic carbocycles. The summed E-state index contributed by atoms with van der Waals surface area (Å²) in [6.45, 7) is 1.19. The van der Waals surface area contributed by atoms with Crippen LogP contribution in [0.3, 0.4) is 0 Å². The Balaban J connectivity index is 1.72. The number of nitrogens with zero attached hydrogens (tertiary/aromatic N) is 1. The molecule has 5 nitrogen and oxygen atoms in total. The average molecular weight is 522 g/mol. The van der Waals surface area contributed by atoms with Crippen molar-refractivity contribution >= 4 is 32.6 Å². The highest BCUT2D eigenvalue weighted by Crippen LogP contribution is 2.50. The van der Waals surface area contributed by atoms with Crippen molar-refractivity contribution < 1.29 is 30.9 Å². The molecule has 2 unspecified atom stereocenters. The first-order valence-corrected chi connectivity index (χ1v) is 12.2. The fraction of sp³-hybridized carbons (Fsp3) is 0.160. The lowest BCUT2D eigenvalue weighted by molar-refractivity contribution is -0.274. The summed E-state index contributed by atoms with van der Waals surface area (Å²) in [5, 5.41) is 11.3. The first-order valence-electron chi connectivity index (χ1n) is 10.4. The summed E-state index contributed by atoms with van der Waals surface area (Å²) >= 11 is 6.27. The summed E-state index contributed by atoms with van der Waals surface area (Å²) in [5.41, 5.74) is -3.34. The molecule has 0 aliphatic heterocycles. The molecule has 0 saturated heterocycles. The molecule has 1 N–H and O–H groups in total. The third-order valence-corrected chi connectivity index (χ3v) is 7.35. The fourth-order valence-corrected chi connectivity index (χ4v) is 5.11. The maximum absolute atomic E-state index is 14.3. The lowest BCUT2D eigenvalue weighted by Crippen LogP contribution is -2.46. The number of fused-ring (bicyclic) bond motifs is 1. The first-order chi connectivity index (χ1) is 16.4. The molecule has 1 heterocycles. The van der Waals surface area contributed by atoms with Crippen LogP contribution in [0, 0.1) is 0 Å². The summed E-state index contributed by atoms with van der Waals surface area (Å²) < 4.78 is 73.0. The summed E-state index contributed by atoms with van der Waals surface area (Å²) in [6.07, 6.45) is -4.09. The molecular formula is C25H19ClF3NO4S. The van der Waals surface area contributed by atoms with Crippen LogP contribution >= 0.6 is 11.6 Å². The minimum atomic E-state index is -5.08. The molecule has 0 aliphatic carbocycles. The SMILES string of the molecule is CC(c1ccc(OS(=O)(=O)c2ccccc2)cc1Cl)C(O)(c1cnc2ccccc2c1)C(F)(F)F. The van der Waals surface area contributed by atoms with Crippen molar-refractivity contribution in [2.45, 2.75) is 29.5 Å². The number of aromatic nitrogens is 1. The van der Waals surface area contributed by atoms with Crippen LogP contribution in [0.5, 0.6) is 5.75 Å². The molecule has 0 saturated carbocycles. The van der Waals surface area contributed by atoms with E-state index >= 15 is 0 Å². The zero-order valence-electron chi connectivity index (χ0n) is 18.2. The molecule has 0 bridgehead atoms. The van der Waals surface area contributed by atoms with E-state index in [1.54, 1.807) is 30.3 Å². The maximum atomic E-state index is 14.3. The molecule has 0 amide bonds. The van der Waals surface area contributed by atoms with Gasteiger partial charge < -0.3 is 9.29 Å². The smallest absolute Gasteiger partial charge is 0.379 e. The van der Waals surface area contributed by atoms with Gasteiger partial charge in [0.05, 0.1) is 5.52 Å². The Kier molecular flexibility index (Phi) is 6.52. The van der Waals surface area contributed by atoms with Gasteiger partial charge in [0.25, 0.3) is 0 Å². The van der Waals surface area contributed by atoms with E-state index in [0.29, 0.717) is 10.9 Å². The number of aliphatic hydroxyl groups is 1. The second kappa shape index (κ2) is 9.14. The Morgan fingerprint density at radius 1 is 0.971 bits per heavy atom. The molecule has 35 heavy (non-hydrogen) atoms. The highest BCUT2D eigenvalue weighted by atomic mass is 35.5. The second-order valence-electron chi connectivity index (χ2n) is 7.94. The minimum Gasteiger partial charge on any atom is -0.379 e. The Hall–Kier alpha value is -3.14. The van der Waals surface area contributed by atoms with Crippen LogP contribution in [0.2, 0.25) is 5.02 Å². The van der Waals surface area contributed by atoms with Gasteiger partial charge in [-0.15, -0.1) is 0 Å². The van der Waals surface area contributed by atoms with Crippen LogP contribution < -0.4 is 4.18 Å². The molecule has 0 radical (unpaired) electrons. The van der Waals surface area contributed by atoms with Gasteiger partial charge in [0.2, 0.25) is 0 Å². The summed E-state index contributed by atoms with van der Waals surface area (Å²) in [4.78, 5) is 3.97. The van der Waals surface area contributed by atoms with Gasteiger partial charge in [-0.1, -0.05) is 61.0 Å². The van der Waals surface area contributed by atoms with Crippen molar-refractivity contribution in [1.82, 2.24) is 4.98 Å². The average Bonchev–Trinajstić information content (AvgIpc) is 2.82. The van der Waals surface area contributed by atoms with Gasteiger partial charge >= 0.3 is 16.3 Å². The molecule has 2 atom stereocenters. The summed E-state index contributed by atoms with van der Waals surface area (Å²) in [5.74, 6) is -1.75. The molecule has 182 valence electrons. The molecule has 4 rings (SSSR count). The standard InChI is InChI=1S/C25H19ClF3NO4S/c1-16(24(31,25(27,28)29)18-13-17-7-5-6-10-23(17)30-15-18)21-12-11-19(14-22(21)26)34-35(32,33)20-8-3-2-4-9-20/h2-16,31H,1H3. The van der Waals surface area contributed by atoms with Gasteiger partial charge in [-0.25, -0.2) is 0 Å². The summed E-state index contributed by atoms with van der Waals surface area (Å²) in [6, 6.07) is 18.7. The van der Waals surface area contributed by atoms with Crippen molar-refractivity contribution in [3.63, 3.8) is 0 Å². The largest absolute Gasteiger partial charge is 0.422 e. The Morgan fingerprint density at radius 3 is 2.29 bits per heavy atom. The molecular weight excluding hydrogens is 503 g/mol. The number of rotatable bonds is 6. The second-order valence-corrected chi connectivity index (χ2v) is 9.89. The zero-order valence-corrected chi connectivity index (χ0v) is 19.8. The fourth-order valence-electron chi connectivity index (χ4n) is 3.84. The minimum absolute atomic E-state index is 0.0518. The maximum Gasteiger partial charge on any atom is 0.422 e. The van der Waals surface area contributed by atoms with Gasteiger partial charge in [0.15, 0.2) is 5.60 Å². The van der Waals surface area contributed by atoms with E-state index in [1.807, 2.05) is 0 Å². The number of halogens is 4. The van der Waals surface area contributed by atoms with Crippen molar-refractivity contribution in [3.8, 4) is 5.75 Å². The quantitative estimate of drug-likeness (QED) is 0.305. The molecule has 1 aromatic heterocycles. The van der Waals surface area contributed by atoms with E-state index in [-0.39, 0.29) is 21.2 Å². The Bertz CT molecular complexity index is 1480. The van der Waals surface area contributed by atoms with E-state index < -0.39 is 33.4 Å². The highest BCUT2D eigenvalue weighted by molar-refractivity contribution is 7.87. The van der Waals surface area contributed by atoms with E-state index in [4.69, 9.17) is 15.8 Å². The number of hydrogen-bond acceptors (Lipinski definition) is 5. The normalized spacial score (nSPS) is 14.9. The number of pyridine rings is 1. The van der Waals surface area contributed by atoms with E-state index in [0.717, 1.165) is 12.3 Å². The summed E-state index contributed by atoms with van der Waals surface area (Å²) in [7, 11) is -4.17. The zero-order chi connectivity index (χ0) is 25.4. The first kappa shape index (κ1) is 25.0. The van der Waals surface area contributed by atoms with Gasteiger partial charge in [0.1, 0.15) is 10.6 Å². The van der Waals surface area contributed by atoms with Crippen LogP contribution in [0.1, 0.15) is 24.0 Å². The third kappa shape index (κ3) is 4.71. The number of alkyl halides is 3. The predicted molar refractivity (Wildman–Crippen MR) is 126 cm³/mol. The van der Waals surface area contributed by atoms with Crippen LogP contribution in [-0.4, -0.2) is 24.7 Å². The molecule has 10 heteroatoms. The lowest BCUT2D eigenvalue weighted by Gasteiger charge is -2.36. The Labute approximate surface area is 204 Å². The van der Waals surface area contributed by atoms with E-state index in [9.17, 15) is 26.7 Å². The van der Waals surface area contributed by atoms with Gasteiger partial charge in [-0.05, 0) is 35.9 Å². The van der Waals surface area contributed by atoms with Crippen molar-refractivity contribution in [2.24, 2.45) is 0 Å². The molecule has 4 aromatic rings. The number of para-hydroxylation sites is 1. The van der Waals surface area contributed by atoms with Crippen molar-refractivity contribution in [2.75, 3.05) is 0 Å². The number of hydrogen-bond donors (Lipinski definition) is 1. The highest BCUT2D eigenvalue weighted by Gasteiger charge is 2.59. The molecule has 0 fully saturated rings. The van der Waals surface area contributed by atoms with Gasteiger partial charge in [-0.2, -0.15) is 21.6 Å². The Morgan fingerprint density at radius 2 is 1.63 bits per heavy atom. The van der Waals surface area contributed by atoms with Crippen LogP contribution in [0.4, 0.5) is 13.2 Å². The topological polar surface area (TPSA) is 76.5 Å². The third-order valence-electron chi connectivity index (χ3n) is 5.77. The van der Waals surface area contributed by atoms with Crippen LogP contribution in [-0.2, 0) is 15.7 Å². The van der Waals surface area contributed by atoms with Crippen molar-refractivity contribution in [3.05, 3.63) is 101 Å². The number of benzene rings is 3. The van der Waals surface area contributed by atoms with Crippen LogP contribution in [0.15, 0.2) is 90.0 Å². The van der Waals surface area contributed by atoms with Crippen LogP contribution in [0.25, 0.3) is 10.9 Å². The van der Waals surface area contributed by atoms with E-state index in [1.165, 1.54) is 49.4 Å². The van der Waals surface area contributed by atoms with Crippen molar-refractivity contribution in [1.29, 1.82) is 0 Å². The molecule has 0 aliphatic rings. The monoisotopic (exact) mass is 521 g/mol. The predicted octanol–water partition coefficient (Wildman–Crippen LogP) is 6.21. The molecule has 0 spiro atoms. The van der Waals surface area contributed by atoms with Gasteiger partial charge in [0, 0.05) is 34.2 Å². The van der Waals surface area contributed by atoms with Gasteiger partial charge in [-0.3, -0.25) is 4.98 Å². The van der Waals surface area contributed by atoms with E-state index in [2.05, 4.69) is 4.98 Å². The lowest BCUT2D eigenvalue weighted by atomic mass is 9.78.